The van der Waals surface area contributed by atoms with Crippen LogP contribution in [0.15, 0.2) is 11.3 Å². The molecule has 0 rings (SSSR count). The lowest BCUT2D eigenvalue weighted by atomic mass is 10.1. The van der Waals surface area contributed by atoms with Gasteiger partial charge in [0.05, 0.1) is 12.2 Å². The molecule has 5 heteroatoms. The van der Waals surface area contributed by atoms with Gasteiger partial charge >= 0.3 is 5.97 Å². The molecule has 0 aromatic carbocycles. The zero-order valence-corrected chi connectivity index (χ0v) is 8.42. The van der Waals surface area contributed by atoms with Crippen LogP contribution in [-0.4, -0.2) is 24.1 Å². The molecule has 0 unspecified atom stereocenters. The van der Waals surface area contributed by atoms with Gasteiger partial charge in [0.2, 0.25) is 0 Å². The van der Waals surface area contributed by atoms with E-state index >= 15 is 0 Å². The van der Waals surface area contributed by atoms with Crippen LogP contribution in [-0.2, 0) is 19.1 Å². The van der Waals surface area contributed by atoms with Gasteiger partial charge in [-0.25, -0.2) is 4.79 Å². The van der Waals surface area contributed by atoms with Crippen molar-refractivity contribution in [1.82, 2.24) is 0 Å². The summed E-state index contributed by atoms with van der Waals surface area (Å²) in [6.07, 6.45) is 0. The van der Waals surface area contributed by atoms with Crippen LogP contribution in [0.2, 0.25) is 0 Å². The molecule has 0 heterocycles. The van der Waals surface area contributed by atoms with Gasteiger partial charge in [0, 0.05) is 0 Å². The summed E-state index contributed by atoms with van der Waals surface area (Å²) < 4.78 is 4.56. The summed E-state index contributed by atoms with van der Waals surface area (Å²) in [5.41, 5.74) is 4.59. The van der Waals surface area contributed by atoms with Crippen molar-refractivity contribution in [3.8, 4) is 0 Å². The van der Waals surface area contributed by atoms with Gasteiger partial charge < -0.3 is 10.5 Å². The minimum atomic E-state index is -0.840. The van der Waals surface area contributed by atoms with Gasteiger partial charge in [-0.3, -0.25) is 9.59 Å². The van der Waals surface area contributed by atoms with Crippen LogP contribution >= 0.6 is 0 Å². The van der Waals surface area contributed by atoms with Crippen molar-refractivity contribution in [3.05, 3.63) is 11.3 Å². The summed E-state index contributed by atoms with van der Waals surface area (Å²) >= 11 is 0. The molecule has 0 saturated heterocycles. The van der Waals surface area contributed by atoms with Crippen LogP contribution in [0, 0.1) is 0 Å². The predicted molar refractivity (Wildman–Crippen MR) is 49.2 cm³/mol. The third-order valence-corrected chi connectivity index (χ3v) is 1.47. The van der Waals surface area contributed by atoms with Crippen molar-refractivity contribution in [2.75, 3.05) is 6.61 Å². The molecule has 0 spiro atoms. The number of allylic oxidation sites excluding steroid dienone is 1. The average molecular weight is 199 g/mol. The van der Waals surface area contributed by atoms with E-state index in [-0.39, 0.29) is 12.2 Å². The van der Waals surface area contributed by atoms with Crippen molar-refractivity contribution in [1.29, 1.82) is 0 Å². The summed E-state index contributed by atoms with van der Waals surface area (Å²) in [6.45, 7) is 4.08. The van der Waals surface area contributed by atoms with E-state index in [9.17, 15) is 14.4 Å². The molecule has 2 N–H and O–H groups in total. The molecule has 0 fully saturated rings. The second-order valence-electron chi connectivity index (χ2n) is 2.62. The first-order valence-corrected chi connectivity index (χ1v) is 4.10. The minimum absolute atomic E-state index is 0.141. The van der Waals surface area contributed by atoms with Crippen LogP contribution in [0.4, 0.5) is 0 Å². The van der Waals surface area contributed by atoms with Gasteiger partial charge in [0.25, 0.3) is 0 Å². The van der Waals surface area contributed by atoms with Crippen LogP contribution in [0.5, 0.6) is 0 Å². The van der Waals surface area contributed by atoms with Gasteiger partial charge in [-0.1, -0.05) is 0 Å². The van der Waals surface area contributed by atoms with Gasteiger partial charge in [-0.15, -0.1) is 0 Å². The Morgan fingerprint density at radius 1 is 1.14 bits per heavy atom. The second-order valence-corrected chi connectivity index (χ2v) is 2.62. The lowest BCUT2D eigenvalue weighted by Gasteiger charge is -2.05. The lowest BCUT2D eigenvalue weighted by Crippen LogP contribution is -2.23. The molecule has 0 atom stereocenters. The molecule has 0 amide bonds. The minimum Gasteiger partial charge on any atom is -0.461 e. The Morgan fingerprint density at radius 3 is 1.86 bits per heavy atom. The third-order valence-electron chi connectivity index (χ3n) is 1.47. The van der Waals surface area contributed by atoms with E-state index in [4.69, 9.17) is 5.73 Å². The van der Waals surface area contributed by atoms with E-state index in [0.717, 1.165) is 0 Å². The molecule has 14 heavy (non-hydrogen) atoms. The smallest absolute Gasteiger partial charge is 0.355 e. The molecule has 0 aliphatic carbocycles. The lowest BCUT2D eigenvalue weighted by molar-refractivity contribution is -0.139. The van der Waals surface area contributed by atoms with Crippen molar-refractivity contribution in [2.24, 2.45) is 5.73 Å². The highest BCUT2D eigenvalue weighted by Gasteiger charge is 2.20. The van der Waals surface area contributed by atoms with Gasteiger partial charge in [-0.2, -0.15) is 0 Å². The fraction of sp³-hybridized carbons (Fsp3) is 0.444. The van der Waals surface area contributed by atoms with E-state index in [1.54, 1.807) is 6.92 Å². The highest BCUT2D eigenvalue weighted by molar-refractivity contribution is 6.22. The van der Waals surface area contributed by atoms with E-state index in [2.05, 4.69) is 4.74 Å². The zero-order chi connectivity index (χ0) is 11.3. The number of carbonyl (C=O) groups is 3. The molecule has 0 aliphatic rings. The van der Waals surface area contributed by atoms with Gasteiger partial charge in [0.15, 0.2) is 11.6 Å². The predicted octanol–water partition coefficient (Wildman–Crippen LogP) is -0.0597. The molecule has 0 aromatic heterocycles. The van der Waals surface area contributed by atoms with Crippen molar-refractivity contribution < 1.29 is 19.1 Å². The molecule has 0 bridgehead atoms. The maximum atomic E-state index is 11.1. The van der Waals surface area contributed by atoms with Gasteiger partial charge in [-0.05, 0) is 20.8 Å². The number of rotatable bonds is 4. The summed E-state index contributed by atoms with van der Waals surface area (Å²) in [7, 11) is 0. The monoisotopic (exact) mass is 199 g/mol. The molecule has 5 nitrogen and oxygen atoms in total. The molecular weight excluding hydrogens is 186 g/mol. The van der Waals surface area contributed by atoms with Crippen molar-refractivity contribution in [2.45, 2.75) is 20.8 Å². The van der Waals surface area contributed by atoms with E-state index < -0.39 is 23.2 Å². The number of nitrogens with two attached hydrogens (primary N) is 1. The standard InChI is InChI=1S/C9H13NO4/c1-4-14-9(13)8(10)7(5(2)11)6(3)12/h4,10H2,1-3H3. The molecule has 0 aliphatic heterocycles. The topological polar surface area (TPSA) is 86.5 Å². The normalized spacial score (nSPS) is 9.07. The number of hydrogen-bond acceptors (Lipinski definition) is 5. The Bertz CT molecular complexity index is 288. The van der Waals surface area contributed by atoms with Crippen molar-refractivity contribution >= 4 is 17.5 Å². The van der Waals surface area contributed by atoms with Crippen LogP contribution in [0.3, 0.4) is 0 Å². The summed E-state index contributed by atoms with van der Waals surface area (Å²) in [4.78, 5) is 33.0. The molecular formula is C9H13NO4. The molecule has 0 saturated carbocycles. The number of hydrogen-bond donors (Lipinski definition) is 1. The SMILES string of the molecule is CCOC(=O)C(N)=C(C(C)=O)C(C)=O. The summed E-state index contributed by atoms with van der Waals surface area (Å²) in [5.74, 6) is -1.92. The maximum absolute atomic E-state index is 11.1. The first-order valence-electron chi connectivity index (χ1n) is 4.10. The number of ether oxygens (including phenoxy) is 1. The highest BCUT2D eigenvalue weighted by atomic mass is 16.5. The Balaban J connectivity index is 5.10. The van der Waals surface area contributed by atoms with E-state index in [0.29, 0.717) is 0 Å². The third kappa shape index (κ3) is 3.01. The van der Waals surface area contributed by atoms with Crippen molar-refractivity contribution in [3.63, 3.8) is 0 Å². The van der Waals surface area contributed by atoms with E-state index in [1.807, 2.05) is 0 Å². The Kier molecular flexibility index (Phi) is 4.55. The average Bonchev–Trinajstić information content (AvgIpc) is 2.03. The van der Waals surface area contributed by atoms with Crippen LogP contribution in [0.25, 0.3) is 0 Å². The second kappa shape index (κ2) is 5.16. The number of carbonyl (C=O) groups excluding carboxylic acids is 3. The number of Topliss-reactive ketones (excluding diaryl/α,β-unsaturated/α-hetero) is 2. The van der Waals surface area contributed by atoms with Crippen LogP contribution < -0.4 is 5.73 Å². The highest BCUT2D eigenvalue weighted by Crippen LogP contribution is 2.04. The Hall–Kier alpha value is -1.65. The summed E-state index contributed by atoms with van der Waals surface area (Å²) in [6, 6.07) is 0. The number of ketones is 2. The Labute approximate surface area is 81.9 Å². The summed E-state index contributed by atoms with van der Waals surface area (Å²) in [5, 5.41) is 0. The first kappa shape index (κ1) is 12.3. The maximum Gasteiger partial charge on any atom is 0.355 e. The fourth-order valence-electron chi connectivity index (χ4n) is 0.938. The number of esters is 1. The molecule has 0 aromatic rings. The zero-order valence-electron chi connectivity index (χ0n) is 8.42. The van der Waals surface area contributed by atoms with Crippen LogP contribution in [0.1, 0.15) is 20.8 Å². The van der Waals surface area contributed by atoms with Gasteiger partial charge in [0.1, 0.15) is 5.70 Å². The largest absolute Gasteiger partial charge is 0.461 e. The fourth-order valence-corrected chi connectivity index (χ4v) is 0.938. The molecule has 78 valence electrons. The van der Waals surface area contributed by atoms with E-state index in [1.165, 1.54) is 13.8 Å². The Morgan fingerprint density at radius 2 is 1.57 bits per heavy atom. The molecule has 0 radical (unpaired) electrons. The quantitative estimate of drug-likeness (QED) is 0.296. The first-order chi connectivity index (χ1) is 6.41.